The summed E-state index contributed by atoms with van der Waals surface area (Å²) in [7, 11) is 0. The SMILES string of the molecule is CC1(c2ccccc2)c2ccccc2-c2c(-c3cc(-c4nc(-c5ccccc5)nc(-c5ccccc5)n4)cc(-c4nc5ccccc5c5ccccc45)c3)cccc21. The van der Waals surface area contributed by atoms with Gasteiger partial charge in [-0.1, -0.05) is 176 Å². The molecule has 0 fully saturated rings. The van der Waals surface area contributed by atoms with Gasteiger partial charge in [-0.3, -0.25) is 0 Å². The molecule has 1 aliphatic carbocycles. The Morgan fingerprint density at radius 1 is 0.345 bits per heavy atom. The molecule has 4 nitrogen and oxygen atoms in total. The van der Waals surface area contributed by atoms with E-state index in [0.29, 0.717) is 17.5 Å². The van der Waals surface area contributed by atoms with Gasteiger partial charge in [-0.15, -0.1) is 0 Å². The molecule has 0 saturated carbocycles. The molecule has 11 rings (SSSR count). The largest absolute Gasteiger partial charge is 0.247 e. The maximum Gasteiger partial charge on any atom is 0.164 e. The van der Waals surface area contributed by atoms with Crippen LogP contribution in [0.1, 0.15) is 23.6 Å². The van der Waals surface area contributed by atoms with E-state index in [9.17, 15) is 0 Å². The summed E-state index contributed by atoms with van der Waals surface area (Å²) in [5, 5.41) is 3.39. The van der Waals surface area contributed by atoms with Crippen LogP contribution in [0.25, 0.3) is 89.4 Å². The summed E-state index contributed by atoms with van der Waals surface area (Å²) in [5.41, 5.74) is 13.9. The molecule has 272 valence electrons. The molecule has 8 aromatic carbocycles. The molecule has 0 aliphatic heterocycles. The fourth-order valence-electron chi connectivity index (χ4n) is 8.98. The van der Waals surface area contributed by atoms with Gasteiger partial charge < -0.3 is 0 Å². The molecule has 10 aromatic rings. The van der Waals surface area contributed by atoms with E-state index in [2.05, 4.69) is 171 Å². The highest BCUT2D eigenvalue weighted by Crippen LogP contribution is 2.55. The summed E-state index contributed by atoms with van der Waals surface area (Å²) in [6.45, 7) is 2.37. The van der Waals surface area contributed by atoms with Gasteiger partial charge in [-0.05, 0) is 75.5 Å². The van der Waals surface area contributed by atoms with Crippen molar-refractivity contribution >= 4 is 21.7 Å². The average molecular weight is 741 g/mol. The minimum absolute atomic E-state index is 0.330. The van der Waals surface area contributed by atoms with Gasteiger partial charge in [0.1, 0.15) is 0 Å². The number of pyridine rings is 1. The molecule has 1 unspecified atom stereocenters. The standard InChI is InChI=1S/C54H36N4/c1-54(40-22-9-4-10-23-40)46-29-15-13-27-45(46)49-41(28-17-30-47(49)54)37-32-38(50-44-26-12-11-24-42(44)43-25-14-16-31-48(43)55-50)34-39(33-37)53-57-51(35-18-5-2-6-19-35)56-52(58-53)36-20-7-3-8-21-36/h2-34H,1H3. The van der Waals surface area contributed by atoms with Crippen molar-refractivity contribution in [2.24, 2.45) is 0 Å². The van der Waals surface area contributed by atoms with Crippen molar-refractivity contribution in [1.82, 2.24) is 19.9 Å². The highest BCUT2D eigenvalue weighted by atomic mass is 15.0. The third-order valence-corrected chi connectivity index (χ3v) is 11.8. The lowest BCUT2D eigenvalue weighted by Gasteiger charge is -2.28. The molecule has 2 aromatic heterocycles. The molecule has 0 amide bonds. The lowest BCUT2D eigenvalue weighted by Crippen LogP contribution is -2.22. The lowest BCUT2D eigenvalue weighted by atomic mass is 9.74. The minimum Gasteiger partial charge on any atom is -0.247 e. The van der Waals surface area contributed by atoms with Crippen LogP contribution < -0.4 is 0 Å². The van der Waals surface area contributed by atoms with Crippen LogP contribution in [0.3, 0.4) is 0 Å². The first kappa shape index (κ1) is 33.8. The molecule has 0 spiro atoms. The topological polar surface area (TPSA) is 51.6 Å². The van der Waals surface area contributed by atoms with Crippen LogP contribution in [0.4, 0.5) is 0 Å². The first-order valence-corrected chi connectivity index (χ1v) is 19.7. The monoisotopic (exact) mass is 740 g/mol. The minimum atomic E-state index is -0.330. The Bertz CT molecular complexity index is 3120. The predicted octanol–water partition coefficient (Wildman–Crippen LogP) is 13.2. The second-order valence-electron chi connectivity index (χ2n) is 15.1. The van der Waals surface area contributed by atoms with Crippen molar-refractivity contribution in [3.8, 4) is 67.7 Å². The van der Waals surface area contributed by atoms with Crippen molar-refractivity contribution in [3.63, 3.8) is 0 Å². The van der Waals surface area contributed by atoms with Crippen molar-refractivity contribution < 1.29 is 0 Å². The molecule has 2 heterocycles. The Kier molecular flexibility index (Phi) is 7.90. The van der Waals surface area contributed by atoms with Gasteiger partial charge in [0, 0.05) is 38.4 Å². The highest BCUT2D eigenvalue weighted by molar-refractivity contribution is 6.11. The van der Waals surface area contributed by atoms with E-state index in [1.807, 2.05) is 36.4 Å². The zero-order valence-electron chi connectivity index (χ0n) is 31.8. The molecule has 0 N–H and O–H groups in total. The Hall–Kier alpha value is -7.56. The molecule has 0 bridgehead atoms. The molecule has 0 radical (unpaired) electrons. The molecule has 1 aliphatic rings. The predicted molar refractivity (Wildman–Crippen MR) is 237 cm³/mol. The molecular formula is C54H36N4. The third kappa shape index (κ3) is 5.45. The highest BCUT2D eigenvalue weighted by Gasteiger charge is 2.41. The number of nitrogens with zero attached hydrogens (tertiary/aromatic N) is 4. The van der Waals surface area contributed by atoms with Crippen LogP contribution in [0, 0.1) is 0 Å². The zero-order chi connectivity index (χ0) is 38.6. The normalized spacial score (nSPS) is 14.4. The van der Waals surface area contributed by atoms with E-state index in [0.717, 1.165) is 55.4 Å². The van der Waals surface area contributed by atoms with Crippen molar-refractivity contribution in [1.29, 1.82) is 0 Å². The second-order valence-corrected chi connectivity index (χ2v) is 15.1. The Balaban J connectivity index is 1.21. The van der Waals surface area contributed by atoms with E-state index in [-0.39, 0.29) is 5.41 Å². The summed E-state index contributed by atoms with van der Waals surface area (Å²) in [5.74, 6) is 1.85. The van der Waals surface area contributed by atoms with Crippen molar-refractivity contribution in [2.45, 2.75) is 12.3 Å². The average Bonchev–Trinajstić information content (AvgIpc) is 3.58. The van der Waals surface area contributed by atoms with Crippen LogP contribution in [0.15, 0.2) is 200 Å². The van der Waals surface area contributed by atoms with E-state index < -0.39 is 0 Å². The maximum atomic E-state index is 5.39. The molecule has 58 heavy (non-hydrogen) atoms. The second kappa shape index (κ2) is 13.6. The Labute approximate surface area is 337 Å². The molecule has 1 atom stereocenters. The molecule has 0 saturated heterocycles. The summed E-state index contributed by atoms with van der Waals surface area (Å²) in [6, 6.07) is 70.6. The van der Waals surface area contributed by atoms with Crippen molar-refractivity contribution in [3.05, 3.63) is 217 Å². The fraction of sp³-hybridized carbons (Fsp3) is 0.0370. The van der Waals surface area contributed by atoms with Gasteiger partial charge in [0.15, 0.2) is 17.5 Å². The number of fused-ring (bicyclic) bond motifs is 6. The van der Waals surface area contributed by atoms with Crippen LogP contribution in [-0.2, 0) is 5.41 Å². The van der Waals surface area contributed by atoms with Crippen LogP contribution in [0.5, 0.6) is 0 Å². The number of hydrogen-bond acceptors (Lipinski definition) is 4. The first-order chi connectivity index (χ1) is 28.6. The van der Waals surface area contributed by atoms with Crippen molar-refractivity contribution in [2.75, 3.05) is 0 Å². The summed E-state index contributed by atoms with van der Waals surface area (Å²) in [6.07, 6.45) is 0. The summed E-state index contributed by atoms with van der Waals surface area (Å²) >= 11 is 0. The molecular weight excluding hydrogens is 705 g/mol. The summed E-state index contributed by atoms with van der Waals surface area (Å²) in [4.78, 5) is 20.8. The van der Waals surface area contributed by atoms with E-state index in [1.165, 1.54) is 33.2 Å². The third-order valence-electron chi connectivity index (χ3n) is 11.8. The van der Waals surface area contributed by atoms with Crippen LogP contribution in [-0.4, -0.2) is 19.9 Å². The van der Waals surface area contributed by atoms with Gasteiger partial charge in [0.05, 0.1) is 11.2 Å². The number of benzene rings is 8. The smallest absolute Gasteiger partial charge is 0.164 e. The molecule has 4 heteroatoms. The van der Waals surface area contributed by atoms with Gasteiger partial charge in [0.2, 0.25) is 0 Å². The van der Waals surface area contributed by atoms with E-state index >= 15 is 0 Å². The van der Waals surface area contributed by atoms with Gasteiger partial charge in [-0.2, -0.15) is 0 Å². The summed E-state index contributed by atoms with van der Waals surface area (Å²) < 4.78 is 0. The van der Waals surface area contributed by atoms with Gasteiger partial charge in [-0.25, -0.2) is 19.9 Å². The Morgan fingerprint density at radius 3 is 1.55 bits per heavy atom. The lowest BCUT2D eigenvalue weighted by molar-refractivity contribution is 0.714. The van der Waals surface area contributed by atoms with Crippen LogP contribution in [0.2, 0.25) is 0 Å². The maximum absolute atomic E-state index is 5.39. The van der Waals surface area contributed by atoms with E-state index in [4.69, 9.17) is 19.9 Å². The van der Waals surface area contributed by atoms with Gasteiger partial charge >= 0.3 is 0 Å². The number of aromatic nitrogens is 4. The van der Waals surface area contributed by atoms with Gasteiger partial charge in [0.25, 0.3) is 0 Å². The first-order valence-electron chi connectivity index (χ1n) is 19.7. The number of para-hydroxylation sites is 1. The van der Waals surface area contributed by atoms with E-state index in [1.54, 1.807) is 0 Å². The number of rotatable bonds is 6. The number of hydrogen-bond donors (Lipinski definition) is 0. The fourth-order valence-corrected chi connectivity index (χ4v) is 8.98. The quantitative estimate of drug-likeness (QED) is 0.159. The zero-order valence-corrected chi connectivity index (χ0v) is 31.8. The Morgan fingerprint density at radius 2 is 0.845 bits per heavy atom. The van der Waals surface area contributed by atoms with Crippen LogP contribution >= 0.6 is 0 Å².